The minimum atomic E-state index is -0.399. The Morgan fingerprint density at radius 1 is 1.38 bits per heavy atom. The number of aliphatic hydroxyl groups excluding tert-OH is 1. The van der Waals surface area contributed by atoms with Crippen molar-refractivity contribution in [3.05, 3.63) is 36.2 Å². The van der Waals surface area contributed by atoms with E-state index in [2.05, 4.69) is 20.6 Å². The number of rotatable bonds is 6. The zero-order chi connectivity index (χ0) is 14.7. The Labute approximate surface area is 121 Å². The number of nitrogens with zero attached hydrogens (tertiary/aromatic N) is 4. The van der Waals surface area contributed by atoms with Gasteiger partial charge in [0.15, 0.2) is 5.58 Å². The van der Waals surface area contributed by atoms with Crippen molar-refractivity contribution in [1.82, 2.24) is 20.0 Å². The molecule has 0 aliphatic heterocycles. The molecule has 1 aromatic carbocycles. The van der Waals surface area contributed by atoms with Crippen molar-refractivity contribution in [2.24, 2.45) is 0 Å². The van der Waals surface area contributed by atoms with E-state index < -0.39 is 6.10 Å². The van der Waals surface area contributed by atoms with Crippen molar-refractivity contribution in [2.45, 2.75) is 32.5 Å². The van der Waals surface area contributed by atoms with Crippen molar-refractivity contribution in [1.29, 1.82) is 0 Å². The van der Waals surface area contributed by atoms with Gasteiger partial charge in [0.1, 0.15) is 11.2 Å². The summed E-state index contributed by atoms with van der Waals surface area (Å²) in [5, 5.41) is 20.7. The molecule has 0 saturated carbocycles. The smallest absolute Gasteiger partial charge is 0.296 e. The van der Waals surface area contributed by atoms with Crippen molar-refractivity contribution in [2.75, 3.05) is 5.32 Å². The molecule has 21 heavy (non-hydrogen) atoms. The molecule has 0 bridgehead atoms. The number of hydrogen-bond donors (Lipinski definition) is 2. The quantitative estimate of drug-likeness (QED) is 0.718. The van der Waals surface area contributed by atoms with Crippen LogP contribution in [0.25, 0.3) is 11.1 Å². The van der Waals surface area contributed by atoms with Gasteiger partial charge in [-0.2, -0.15) is 4.98 Å². The van der Waals surface area contributed by atoms with Crippen LogP contribution in [0.2, 0.25) is 0 Å². The number of oxazole rings is 1. The van der Waals surface area contributed by atoms with Gasteiger partial charge in [-0.25, -0.2) is 4.68 Å². The average Bonchev–Trinajstić information content (AvgIpc) is 3.10. The summed E-state index contributed by atoms with van der Waals surface area (Å²) in [6.45, 7) is 2.85. The van der Waals surface area contributed by atoms with Crippen molar-refractivity contribution >= 4 is 17.1 Å². The van der Waals surface area contributed by atoms with Crippen molar-refractivity contribution in [3.8, 4) is 0 Å². The molecule has 0 radical (unpaired) electrons. The number of aromatic nitrogens is 4. The Morgan fingerprint density at radius 3 is 3.05 bits per heavy atom. The number of benzene rings is 1. The largest absolute Gasteiger partial charge is 0.424 e. The highest BCUT2D eigenvalue weighted by atomic mass is 16.4. The van der Waals surface area contributed by atoms with Crippen LogP contribution in [-0.4, -0.2) is 31.2 Å². The first-order valence-corrected chi connectivity index (χ1v) is 6.91. The zero-order valence-electron chi connectivity index (χ0n) is 11.7. The van der Waals surface area contributed by atoms with Gasteiger partial charge in [-0.05, 0) is 18.6 Å². The van der Waals surface area contributed by atoms with E-state index in [9.17, 15) is 5.11 Å². The van der Waals surface area contributed by atoms with Crippen molar-refractivity contribution < 1.29 is 9.52 Å². The number of hydrogen-bond acceptors (Lipinski definition) is 6. The predicted molar refractivity (Wildman–Crippen MR) is 77.7 cm³/mol. The standard InChI is InChI=1S/C14H17N5O2/c1-2-11(20)9-19-8-10(17-18-19)7-15-14-16-12-5-3-4-6-13(12)21-14/h3-6,8,11,20H,2,7,9H2,1H3,(H,15,16). The third-order valence-corrected chi connectivity index (χ3v) is 3.17. The molecule has 2 heterocycles. The topological polar surface area (TPSA) is 89.0 Å². The van der Waals surface area contributed by atoms with Crippen LogP contribution < -0.4 is 5.32 Å². The summed E-state index contributed by atoms with van der Waals surface area (Å²) in [5.41, 5.74) is 2.32. The van der Waals surface area contributed by atoms with Gasteiger partial charge < -0.3 is 14.8 Å². The van der Waals surface area contributed by atoms with Gasteiger partial charge in [0.2, 0.25) is 0 Å². The van der Waals surface area contributed by atoms with Crippen LogP contribution in [0.5, 0.6) is 0 Å². The lowest BCUT2D eigenvalue weighted by molar-refractivity contribution is 0.144. The van der Waals surface area contributed by atoms with E-state index in [0.29, 0.717) is 25.5 Å². The second kappa shape index (κ2) is 5.92. The Hall–Kier alpha value is -2.41. The van der Waals surface area contributed by atoms with Crippen molar-refractivity contribution in [3.63, 3.8) is 0 Å². The molecule has 0 aliphatic carbocycles. The average molecular weight is 287 g/mol. The Morgan fingerprint density at radius 2 is 2.24 bits per heavy atom. The fourth-order valence-electron chi connectivity index (χ4n) is 1.97. The van der Waals surface area contributed by atoms with E-state index in [1.807, 2.05) is 31.2 Å². The number of nitrogens with one attached hydrogen (secondary N) is 1. The SMILES string of the molecule is CCC(O)Cn1cc(CNc2nc3ccccc3o2)nn1. The lowest BCUT2D eigenvalue weighted by atomic mass is 10.3. The van der Waals surface area contributed by atoms with E-state index in [-0.39, 0.29) is 0 Å². The minimum absolute atomic E-state index is 0.399. The van der Waals surface area contributed by atoms with Crippen LogP contribution in [-0.2, 0) is 13.1 Å². The molecule has 0 saturated heterocycles. The second-order valence-electron chi connectivity index (χ2n) is 4.83. The number of aliphatic hydroxyl groups is 1. The van der Waals surface area contributed by atoms with Gasteiger partial charge in [0.25, 0.3) is 6.01 Å². The Bertz CT molecular complexity index is 688. The molecule has 0 amide bonds. The zero-order valence-corrected chi connectivity index (χ0v) is 11.7. The fourth-order valence-corrected chi connectivity index (χ4v) is 1.97. The van der Waals surface area contributed by atoms with Gasteiger partial charge in [-0.1, -0.05) is 24.3 Å². The molecule has 7 heteroatoms. The number of anilines is 1. The lowest BCUT2D eigenvalue weighted by Crippen LogP contribution is -2.15. The monoisotopic (exact) mass is 287 g/mol. The first-order valence-electron chi connectivity index (χ1n) is 6.91. The maximum absolute atomic E-state index is 9.58. The van der Waals surface area contributed by atoms with Gasteiger partial charge in [0, 0.05) is 0 Å². The van der Waals surface area contributed by atoms with Crippen LogP contribution >= 0.6 is 0 Å². The summed E-state index contributed by atoms with van der Waals surface area (Å²) in [4.78, 5) is 4.32. The first kappa shape index (κ1) is 13.6. The molecule has 2 N–H and O–H groups in total. The van der Waals surface area contributed by atoms with E-state index in [0.717, 1.165) is 16.8 Å². The number of fused-ring (bicyclic) bond motifs is 1. The highest BCUT2D eigenvalue weighted by Gasteiger charge is 2.08. The Balaban J connectivity index is 1.62. The van der Waals surface area contributed by atoms with Gasteiger partial charge in [-0.15, -0.1) is 5.10 Å². The normalized spacial score (nSPS) is 12.7. The molecule has 7 nitrogen and oxygen atoms in total. The summed E-state index contributed by atoms with van der Waals surface area (Å²) in [6.07, 6.45) is 2.09. The van der Waals surface area contributed by atoms with E-state index in [4.69, 9.17) is 4.42 Å². The summed E-state index contributed by atoms with van der Waals surface area (Å²) < 4.78 is 7.20. The van der Waals surface area contributed by atoms with Crippen LogP contribution in [0, 0.1) is 0 Å². The molecule has 1 unspecified atom stereocenters. The number of para-hydroxylation sites is 2. The molecule has 3 aromatic rings. The molecular weight excluding hydrogens is 270 g/mol. The van der Waals surface area contributed by atoms with E-state index in [1.165, 1.54) is 0 Å². The molecular formula is C14H17N5O2. The van der Waals surface area contributed by atoms with Crippen LogP contribution in [0.3, 0.4) is 0 Å². The highest BCUT2D eigenvalue weighted by molar-refractivity contribution is 5.74. The molecule has 0 aliphatic rings. The highest BCUT2D eigenvalue weighted by Crippen LogP contribution is 2.18. The molecule has 3 rings (SSSR count). The van der Waals surface area contributed by atoms with E-state index >= 15 is 0 Å². The summed E-state index contributed by atoms with van der Waals surface area (Å²) >= 11 is 0. The third kappa shape index (κ3) is 3.19. The molecule has 0 fully saturated rings. The summed E-state index contributed by atoms with van der Waals surface area (Å²) in [5.74, 6) is 0. The summed E-state index contributed by atoms with van der Waals surface area (Å²) in [7, 11) is 0. The second-order valence-corrected chi connectivity index (χ2v) is 4.83. The lowest BCUT2D eigenvalue weighted by Gasteiger charge is -2.05. The molecule has 0 spiro atoms. The molecule has 1 atom stereocenters. The minimum Gasteiger partial charge on any atom is -0.424 e. The van der Waals surface area contributed by atoms with Gasteiger partial charge in [-0.3, -0.25) is 0 Å². The maximum Gasteiger partial charge on any atom is 0.296 e. The predicted octanol–water partition coefficient (Wildman–Crippen LogP) is 1.80. The molecule has 110 valence electrons. The Kier molecular flexibility index (Phi) is 3.83. The van der Waals surface area contributed by atoms with Gasteiger partial charge in [0.05, 0.1) is 25.4 Å². The maximum atomic E-state index is 9.58. The molecule has 2 aromatic heterocycles. The van der Waals surface area contributed by atoms with Crippen LogP contribution in [0.4, 0.5) is 6.01 Å². The fraction of sp³-hybridized carbons (Fsp3) is 0.357. The van der Waals surface area contributed by atoms with Crippen LogP contribution in [0.1, 0.15) is 19.0 Å². The van der Waals surface area contributed by atoms with Crippen LogP contribution in [0.15, 0.2) is 34.9 Å². The summed E-state index contributed by atoms with van der Waals surface area (Å²) in [6, 6.07) is 8.04. The van der Waals surface area contributed by atoms with E-state index in [1.54, 1.807) is 10.9 Å². The third-order valence-electron chi connectivity index (χ3n) is 3.17. The first-order chi connectivity index (χ1) is 10.2. The van der Waals surface area contributed by atoms with Gasteiger partial charge >= 0.3 is 0 Å².